The first-order chi connectivity index (χ1) is 16.4. The molecule has 1 saturated heterocycles. The molecule has 34 heavy (non-hydrogen) atoms. The van der Waals surface area contributed by atoms with E-state index in [0.29, 0.717) is 24.5 Å². The molecule has 2 fully saturated rings. The van der Waals surface area contributed by atoms with Gasteiger partial charge in [-0.25, -0.2) is 13.1 Å². The summed E-state index contributed by atoms with van der Waals surface area (Å²) in [5.74, 6) is 1.42. The van der Waals surface area contributed by atoms with Crippen molar-refractivity contribution in [3.8, 4) is 5.75 Å². The topological polar surface area (TPSA) is 79.0 Å². The number of anilines is 1. The summed E-state index contributed by atoms with van der Waals surface area (Å²) in [5, 5.41) is 0. The van der Waals surface area contributed by atoms with E-state index in [0.717, 1.165) is 55.8 Å². The molecule has 2 aliphatic rings. The number of sulfonamides is 1. The second-order valence-corrected chi connectivity index (χ2v) is 11.1. The van der Waals surface area contributed by atoms with Crippen LogP contribution >= 0.6 is 0 Å². The summed E-state index contributed by atoms with van der Waals surface area (Å²) >= 11 is 0. The Kier molecular flexibility index (Phi) is 7.78. The lowest BCUT2D eigenvalue weighted by Gasteiger charge is -2.39. The van der Waals surface area contributed by atoms with Crippen LogP contribution in [0.4, 0.5) is 5.69 Å². The van der Waals surface area contributed by atoms with E-state index in [1.165, 1.54) is 0 Å². The molecule has 1 N–H and O–H groups in total. The van der Waals surface area contributed by atoms with E-state index in [2.05, 4.69) is 15.7 Å². The van der Waals surface area contributed by atoms with Gasteiger partial charge in [-0.05, 0) is 62.8 Å². The van der Waals surface area contributed by atoms with E-state index in [1.54, 1.807) is 19.2 Å². The average Bonchev–Trinajstić information content (AvgIpc) is 2.88. The summed E-state index contributed by atoms with van der Waals surface area (Å²) in [6.07, 6.45) is 3.38. The van der Waals surface area contributed by atoms with Gasteiger partial charge >= 0.3 is 0 Å². The van der Waals surface area contributed by atoms with E-state index in [9.17, 15) is 13.2 Å². The molecule has 7 nitrogen and oxygen atoms in total. The zero-order chi connectivity index (χ0) is 24.1. The number of nitrogens with zero attached hydrogens (tertiary/aromatic N) is 2. The Morgan fingerprint density at radius 1 is 0.971 bits per heavy atom. The van der Waals surface area contributed by atoms with Crippen molar-refractivity contribution in [3.63, 3.8) is 0 Å². The molecule has 0 spiro atoms. The van der Waals surface area contributed by atoms with Gasteiger partial charge in [0.2, 0.25) is 15.9 Å². The molecule has 1 aliphatic carbocycles. The van der Waals surface area contributed by atoms with Gasteiger partial charge in [0.25, 0.3) is 0 Å². The Balaban J connectivity index is 1.23. The molecule has 0 unspecified atom stereocenters. The number of carbonyl (C=O) groups is 1. The van der Waals surface area contributed by atoms with Gasteiger partial charge in [0.15, 0.2) is 0 Å². The van der Waals surface area contributed by atoms with Gasteiger partial charge in [-0.3, -0.25) is 4.79 Å². The van der Waals surface area contributed by atoms with Crippen LogP contribution in [0.15, 0.2) is 53.4 Å². The van der Waals surface area contributed by atoms with Crippen LogP contribution in [-0.4, -0.2) is 59.1 Å². The van der Waals surface area contributed by atoms with Crippen LogP contribution in [0.5, 0.6) is 5.75 Å². The lowest BCUT2D eigenvalue weighted by Crippen LogP contribution is -2.51. The standard InChI is InChI=1S/C26H35N3O4S/c1-20-7-13-23(14-8-20)34(31,32)27-19-21-9-11-22(12-10-21)26(30)29-17-15-28(16-18-29)24-5-3-4-6-25(24)33-2/h3-8,13-14,21-22,27H,9-12,15-19H2,1-2H3. The number of aryl methyl sites for hydroxylation is 1. The minimum absolute atomic E-state index is 0.0442. The normalized spacial score (nSPS) is 21.4. The number of hydrogen-bond donors (Lipinski definition) is 1. The van der Waals surface area contributed by atoms with Gasteiger partial charge < -0.3 is 14.5 Å². The smallest absolute Gasteiger partial charge is 0.240 e. The molecule has 0 radical (unpaired) electrons. The Morgan fingerprint density at radius 2 is 1.62 bits per heavy atom. The number of ether oxygens (including phenoxy) is 1. The van der Waals surface area contributed by atoms with Crippen LogP contribution in [0.1, 0.15) is 31.2 Å². The molecule has 0 atom stereocenters. The summed E-state index contributed by atoms with van der Waals surface area (Å²) < 4.78 is 33.3. The highest BCUT2D eigenvalue weighted by Crippen LogP contribution is 2.32. The van der Waals surface area contributed by atoms with E-state index in [-0.39, 0.29) is 17.7 Å². The summed E-state index contributed by atoms with van der Waals surface area (Å²) in [6.45, 7) is 5.38. The highest BCUT2D eigenvalue weighted by Gasteiger charge is 2.32. The van der Waals surface area contributed by atoms with Crippen LogP contribution in [0.25, 0.3) is 0 Å². The van der Waals surface area contributed by atoms with E-state index >= 15 is 0 Å². The Bertz CT molecular complexity index is 1070. The van der Waals surface area contributed by atoms with Crippen molar-refractivity contribution in [3.05, 3.63) is 54.1 Å². The molecule has 1 amide bonds. The summed E-state index contributed by atoms with van der Waals surface area (Å²) in [5.41, 5.74) is 2.11. The lowest BCUT2D eigenvalue weighted by molar-refractivity contribution is -0.137. The van der Waals surface area contributed by atoms with Crippen molar-refractivity contribution >= 4 is 21.6 Å². The minimum atomic E-state index is -3.50. The maximum absolute atomic E-state index is 13.1. The van der Waals surface area contributed by atoms with E-state index in [4.69, 9.17) is 4.74 Å². The lowest BCUT2D eigenvalue weighted by atomic mass is 9.81. The number of carbonyl (C=O) groups excluding carboxylic acids is 1. The summed E-state index contributed by atoms with van der Waals surface area (Å²) in [6, 6.07) is 14.9. The third-order valence-electron chi connectivity index (χ3n) is 7.11. The number of piperazine rings is 1. The van der Waals surface area contributed by atoms with Gasteiger partial charge in [0.1, 0.15) is 5.75 Å². The van der Waals surface area contributed by atoms with Crippen molar-refractivity contribution < 1.29 is 17.9 Å². The number of hydrogen-bond acceptors (Lipinski definition) is 5. The van der Waals surface area contributed by atoms with Crippen LogP contribution in [-0.2, 0) is 14.8 Å². The summed E-state index contributed by atoms with van der Waals surface area (Å²) in [4.78, 5) is 17.7. The fraction of sp³-hybridized carbons (Fsp3) is 0.500. The largest absolute Gasteiger partial charge is 0.495 e. The third kappa shape index (κ3) is 5.73. The molecule has 0 aromatic heterocycles. The second kappa shape index (κ2) is 10.8. The first kappa shape index (κ1) is 24.5. The van der Waals surface area contributed by atoms with Crippen LogP contribution in [0, 0.1) is 18.8 Å². The first-order valence-corrected chi connectivity index (χ1v) is 13.6. The molecule has 1 saturated carbocycles. The van der Waals surface area contributed by atoms with Crippen LogP contribution in [0.3, 0.4) is 0 Å². The number of amides is 1. The SMILES string of the molecule is COc1ccccc1N1CCN(C(=O)C2CCC(CNS(=O)(=O)c3ccc(C)cc3)CC2)CC1. The van der Waals surface area contributed by atoms with Gasteiger partial charge in [-0.15, -0.1) is 0 Å². The summed E-state index contributed by atoms with van der Waals surface area (Å²) in [7, 11) is -1.81. The fourth-order valence-electron chi connectivity index (χ4n) is 4.96. The van der Waals surface area contributed by atoms with Crippen molar-refractivity contribution in [1.29, 1.82) is 0 Å². The maximum Gasteiger partial charge on any atom is 0.240 e. The molecule has 184 valence electrons. The minimum Gasteiger partial charge on any atom is -0.495 e. The Labute approximate surface area is 203 Å². The Morgan fingerprint density at radius 3 is 2.26 bits per heavy atom. The average molecular weight is 486 g/mol. The zero-order valence-electron chi connectivity index (χ0n) is 20.1. The van der Waals surface area contributed by atoms with Gasteiger partial charge in [-0.1, -0.05) is 29.8 Å². The molecule has 1 heterocycles. The molecule has 8 heteroatoms. The fourth-order valence-corrected chi connectivity index (χ4v) is 6.07. The quantitative estimate of drug-likeness (QED) is 0.650. The van der Waals surface area contributed by atoms with Crippen molar-refractivity contribution in [2.75, 3.05) is 44.7 Å². The highest BCUT2D eigenvalue weighted by atomic mass is 32.2. The number of methoxy groups -OCH3 is 1. The number of rotatable bonds is 7. The highest BCUT2D eigenvalue weighted by molar-refractivity contribution is 7.89. The van der Waals surface area contributed by atoms with Crippen molar-refractivity contribution in [1.82, 2.24) is 9.62 Å². The maximum atomic E-state index is 13.1. The van der Waals surface area contributed by atoms with Gasteiger partial charge in [0.05, 0.1) is 17.7 Å². The monoisotopic (exact) mass is 485 g/mol. The first-order valence-electron chi connectivity index (χ1n) is 12.1. The zero-order valence-corrected chi connectivity index (χ0v) is 20.9. The molecule has 4 rings (SSSR count). The molecule has 1 aliphatic heterocycles. The van der Waals surface area contributed by atoms with Crippen molar-refractivity contribution in [2.24, 2.45) is 11.8 Å². The van der Waals surface area contributed by atoms with Gasteiger partial charge in [0, 0.05) is 38.6 Å². The van der Waals surface area contributed by atoms with Gasteiger partial charge in [-0.2, -0.15) is 0 Å². The number of benzene rings is 2. The predicted octanol–water partition coefficient (Wildman–Crippen LogP) is 3.44. The predicted molar refractivity (Wildman–Crippen MR) is 134 cm³/mol. The molecule has 2 aromatic rings. The van der Waals surface area contributed by atoms with E-state index < -0.39 is 10.0 Å². The van der Waals surface area contributed by atoms with Crippen LogP contribution < -0.4 is 14.4 Å². The second-order valence-electron chi connectivity index (χ2n) is 9.37. The molecular formula is C26H35N3O4S. The third-order valence-corrected chi connectivity index (χ3v) is 8.55. The molecule has 0 bridgehead atoms. The van der Waals surface area contributed by atoms with Crippen LogP contribution in [0.2, 0.25) is 0 Å². The Hall–Kier alpha value is -2.58. The number of para-hydroxylation sites is 2. The molecule has 2 aromatic carbocycles. The van der Waals surface area contributed by atoms with Crippen molar-refractivity contribution in [2.45, 2.75) is 37.5 Å². The molecular weight excluding hydrogens is 450 g/mol. The number of nitrogens with one attached hydrogen (secondary N) is 1. The van der Waals surface area contributed by atoms with E-state index in [1.807, 2.05) is 42.2 Å².